The van der Waals surface area contributed by atoms with Gasteiger partial charge in [0.2, 0.25) is 15.9 Å². The molecule has 36 heavy (non-hydrogen) atoms. The zero-order chi connectivity index (χ0) is 26.5. The minimum atomic E-state index is -3.96. The molecular formula is C25H29ClFN3O4S2. The average molecular weight is 554 g/mol. The summed E-state index contributed by atoms with van der Waals surface area (Å²) < 4.78 is 41.9. The normalized spacial score (nSPS) is 13.5. The maximum Gasteiger partial charge on any atom is 0.262 e. The number of sulfonamides is 1. The molecule has 1 heterocycles. The van der Waals surface area contributed by atoms with Gasteiger partial charge in [-0.1, -0.05) is 43.6 Å². The van der Waals surface area contributed by atoms with E-state index in [4.69, 9.17) is 11.6 Å². The van der Waals surface area contributed by atoms with E-state index in [-0.39, 0.29) is 34.2 Å². The molecule has 3 N–H and O–H groups in total. The molecule has 0 fully saturated rings. The summed E-state index contributed by atoms with van der Waals surface area (Å²) in [5.74, 6) is -1.12. The fourth-order valence-corrected chi connectivity index (χ4v) is 6.42. The van der Waals surface area contributed by atoms with E-state index in [2.05, 4.69) is 15.4 Å². The summed E-state index contributed by atoms with van der Waals surface area (Å²) in [5.41, 5.74) is 0. The van der Waals surface area contributed by atoms with Crippen molar-refractivity contribution in [1.82, 2.24) is 15.4 Å². The molecule has 1 aromatic heterocycles. The number of halogens is 2. The van der Waals surface area contributed by atoms with Gasteiger partial charge in [0.05, 0.1) is 9.90 Å². The Bertz CT molecular complexity index is 1310. The third kappa shape index (κ3) is 7.49. The van der Waals surface area contributed by atoms with Crippen LogP contribution in [0, 0.1) is 11.7 Å². The molecule has 2 amide bonds. The van der Waals surface area contributed by atoms with Gasteiger partial charge in [-0.3, -0.25) is 9.59 Å². The van der Waals surface area contributed by atoms with Crippen LogP contribution in [0.1, 0.15) is 43.3 Å². The van der Waals surface area contributed by atoms with Gasteiger partial charge < -0.3 is 10.6 Å². The number of rotatable bonds is 11. The second-order valence-electron chi connectivity index (χ2n) is 8.98. The van der Waals surface area contributed by atoms with Gasteiger partial charge in [-0.05, 0) is 61.4 Å². The molecule has 0 bridgehead atoms. The lowest BCUT2D eigenvalue weighted by atomic mass is 10.0. The minimum Gasteiger partial charge on any atom is -0.354 e. The summed E-state index contributed by atoms with van der Waals surface area (Å²) in [6, 6.07) is 11.3. The van der Waals surface area contributed by atoms with Crippen molar-refractivity contribution in [1.29, 1.82) is 0 Å². The average Bonchev–Trinajstić information content (AvgIpc) is 3.22. The lowest BCUT2D eigenvalue weighted by molar-refractivity contribution is -0.123. The number of hydrogen-bond acceptors (Lipinski definition) is 5. The maximum absolute atomic E-state index is 13.2. The lowest BCUT2D eigenvalue weighted by Crippen LogP contribution is -2.48. The third-order valence-electron chi connectivity index (χ3n) is 5.39. The summed E-state index contributed by atoms with van der Waals surface area (Å²) in [6.07, 6.45) is 0.746. The maximum atomic E-state index is 13.2. The lowest BCUT2D eigenvalue weighted by Gasteiger charge is -2.21. The Balaban J connectivity index is 1.56. The highest BCUT2D eigenvalue weighted by molar-refractivity contribution is 7.89. The van der Waals surface area contributed by atoms with Crippen molar-refractivity contribution < 1.29 is 22.4 Å². The summed E-state index contributed by atoms with van der Waals surface area (Å²) in [4.78, 5) is 26.0. The number of nitrogens with one attached hydrogen (secondary N) is 3. The second kappa shape index (κ2) is 12.1. The predicted molar refractivity (Wildman–Crippen MR) is 141 cm³/mol. The first-order valence-electron chi connectivity index (χ1n) is 11.5. The van der Waals surface area contributed by atoms with Gasteiger partial charge in [0, 0.05) is 17.3 Å². The highest BCUT2D eigenvalue weighted by Gasteiger charge is 2.24. The Labute approximate surface area is 219 Å². The van der Waals surface area contributed by atoms with Crippen molar-refractivity contribution in [3.63, 3.8) is 0 Å². The van der Waals surface area contributed by atoms with E-state index in [9.17, 15) is 22.4 Å². The monoisotopic (exact) mass is 553 g/mol. The molecule has 3 rings (SSSR count). The standard InChI is InChI=1S/C25H29ClFN3O4S2/c1-15(2)12-20(29-25(32)22-13-17-6-4-5-7-21(17)35-22)24(31)28-11-10-16(3)30-36(33,34)23-9-8-18(27)14-19(23)26/h4-9,13-16,20,30H,10-12H2,1-3H3,(H,28,31)(H,29,32)/t16-,20-/m0/s1. The number of thiophene rings is 1. The Kier molecular flexibility index (Phi) is 9.46. The molecule has 0 saturated carbocycles. The Morgan fingerprint density at radius 2 is 1.81 bits per heavy atom. The zero-order valence-corrected chi connectivity index (χ0v) is 22.6. The minimum absolute atomic E-state index is 0.162. The fourth-order valence-electron chi connectivity index (χ4n) is 3.64. The van der Waals surface area contributed by atoms with Gasteiger partial charge >= 0.3 is 0 Å². The van der Waals surface area contributed by atoms with Crippen molar-refractivity contribution >= 4 is 54.9 Å². The summed E-state index contributed by atoms with van der Waals surface area (Å²) >= 11 is 7.24. The molecule has 2 atom stereocenters. The predicted octanol–water partition coefficient (Wildman–Crippen LogP) is 4.71. The quantitative estimate of drug-likeness (QED) is 0.320. The molecule has 11 heteroatoms. The first-order chi connectivity index (χ1) is 17.0. The molecule has 0 radical (unpaired) electrons. The van der Waals surface area contributed by atoms with Gasteiger partial charge in [-0.2, -0.15) is 0 Å². The number of fused-ring (bicyclic) bond motifs is 1. The highest BCUT2D eigenvalue weighted by Crippen LogP contribution is 2.25. The van der Waals surface area contributed by atoms with Gasteiger partial charge in [-0.25, -0.2) is 17.5 Å². The molecule has 7 nitrogen and oxygen atoms in total. The smallest absolute Gasteiger partial charge is 0.262 e. The first kappa shape index (κ1) is 28.0. The van der Waals surface area contributed by atoms with Gasteiger partial charge in [0.25, 0.3) is 5.91 Å². The van der Waals surface area contributed by atoms with Gasteiger partial charge in [0.1, 0.15) is 16.8 Å². The second-order valence-corrected chi connectivity index (χ2v) is 12.2. The number of hydrogen-bond donors (Lipinski definition) is 3. The molecule has 0 unspecified atom stereocenters. The van der Waals surface area contributed by atoms with Crippen molar-refractivity contribution in [3.05, 3.63) is 64.2 Å². The number of carbonyl (C=O) groups excluding carboxylic acids is 2. The van der Waals surface area contributed by atoms with Crippen LogP contribution in [0.25, 0.3) is 10.1 Å². The molecule has 0 saturated heterocycles. The summed E-state index contributed by atoms with van der Waals surface area (Å²) in [6.45, 7) is 5.76. The summed E-state index contributed by atoms with van der Waals surface area (Å²) in [7, 11) is -3.96. The van der Waals surface area contributed by atoms with E-state index >= 15 is 0 Å². The van der Waals surface area contributed by atoms with Crippen molar-refractivity contribution in [2.75, 3.05) is 6.54 Å². The van der Waals surface area contributed by atoms with E-state index in [0.29, 0.717) is 17.7 Å². The van der Waals surface area contributed by atoms with Crippen LogP contribution < -0.4 is 15.4 Å². The van der Waals surface area contributed by atoms with Gasteiger partial charge in [0.15, 0.2) is 0 Å². The Hall–Kier alpha value is -2.53. The molecule has 0 aliphatic carbocycles. The largest absolute Gasteiger partial charge is 0.354 e. The van der Waals surface area contributed by atoms with Gasteiger partial charge in [-0.15, -0.1) is 11.3 Å². The van der Waals surface area contributed by atoms with Crippen molar-refractivity contribution in [2.24, 2.45) is 5.92 Å². The highest BCUT2D eigenvalue weighted by atomic mass is 35.5. The molecule has 194 valence electrons. The van der Waals surface area contributed by atoms with Crippen LogP contribution >= 0.6 is 22.9 Å². The Morgan fingerprint density at radius 1 is 1.08 bits per heavy atom. The number of amides is 2. The van der Waals surface area contributed by atoms with Crippen molar-refractivity contribution in [2.45, 2.75) is 50.6 Å². The van der Waals surface area contributed by atoms with E-state index < -0.39 is 27.9 Å². The molecular weight excluding hydrogens is 525 g/mol. The number of benzene rings is 2. The summed E-state index contributed by atoms with van der Waals surface area (Å²) in [5, 5.41) is 6.38. The van der Waals surface area contributed by atoms with E-state index in [1.165, 1.54) is 11.3 Å². The van der Waals surface area contributed by atoms with Crippen LogP contribution in [0.2, 0.25) is 5.02 Å². The molecule has 0 aliphatic rings. The van der Waals surface area contributed by atoms with E-state index in [0.717, 1.165) is 28.3 Å². The van der Waals surface area contributed by atoms with Crippen LogP contribution in [0.3, 0.4) is 0 Å². The Morgan fingerprint density at radius 3 is 2.47 bits per heavy atom. The van der Waals surface area contributed by atoms with Crippen LogP contribution in [0.15, 0.2) is 53.4 Å². The third-order valence-corrected chi connectivity index (χ3v) is 8.58. The first-order valence-corrected chi connectivity index (χ1v) is 14.2. The molecule has 3 aromatic rings. The van der Waals surface area contributed by atoms with E-state index in [1.54, 1.807) is 13.0 Å². The fraction of sp³-hybridized carbons (Fsp3) is 0.360. The van der Waals surface area contributed by atoms with E-state index in [1.807, 2.05) is 38.1 Å². The van der Waals surface area contributed by atoms with Crippen LogP contribution in [-0.4, -0.2) is 38.9 Å². The van der Waals surface area contributed by atoms with Crippen LogP contribution in [0.5, 0.6) is 0 Å². The van der Waals surface area contributed by atoms with Crippen LogP contribution in [0.4, 0.5) is 4.39 Å². The van der Waals surface area contributed by atoms with Crippen LogP contribution in [-0.2, 0) is 14.8 Å². The molecule has 2 aromatic carbocycles. The SMILES string of the molecule is CC(C)C[C@H](NC(=O)c1cc2ccccc2s1)C(=O)NCC[C@H](C)NS(=O)(=O)c1ccc(F)cc1Cl. The molecule has 0 aliphatic heterocycles. The zero-order valence-electron chi connectivity index (χ0n) is 20.2. The topological polar surface area (TPSA) is 104 Å². The molecule has 0 spiro atoms. The van der Waals surface area contributed by atoms with Crippen molar-refractivity contribution in [3.8, 4) is 0 Å². The number of carbonyl (C=O) groups is 2.